The minimum absolute atomic E-state index is 0.00673. The molecule has 6 nitrogen and oxygen atoms in total. The van der Waals surface area contributed by atoms with Crippen molar-refractivity contribution in [2.24, 2.45) is 5.92 Å². The lowest BCUT2D eigenvalue weighted by atomic mass is 10.0. The van der Waals surface area contributed by atoms with Crippen LogP contribution in [0.2, 0.25) is 0 Å². The van der Waals surface area contributed by atoms with E-state index < -0.39 is 0 Å². The Morgan fingerprint density at radius 1 is 1.24 bits per heavy atom. The molecule has 0 bridgehead atoms. The molecule has 2 amide bonds. The Morgan fingerprint density at radius 2 is 2.14 bits per heavy atom. The number of rotatable bonds is 6. The molecule has 0 spiro atoms. The van der Waals surface area contributed by atoms with Crippen LogP contribution in [0.1, 0.15) is 18.4 Å². The average Bonchev–Trinajstić information content (AvgIpc) is 3.20. The number of hydrogen-bond acceptors (Lipinski definition) is 4. The van der Waals surface area contributed by atoms with Gasteiger partial charge in [-0.1, -0.05) is 22.0 Å². The topological polar surface area (TPSA) is 70.7 Å². The Kier molecular flexibility index (Phi) is 6.04. The van der Waals surface area contributed by atoms with E-state index in [0.717, 1.165) is 35.2 Å². The minimum atomic E-state index is -0.114. The lowest BCUT2D eigenvalue weighted by molar-refractivity contribution is -0.123. The van der Waals surface area contributed by atoms with Crippen LogP contribution in [0.3, 0.4) is 0 Å². The number of halogens is 1. The maximum absolute atomic E-state index is 12.2. The maximum atomic E-state index is 12.2. The van der Waals surface area contributed by atoms with E-state index in [1.54, 1.807) is 6.07 Å². The molecule has 2 aliphatic rings. The number of anilines is 2. The second kappa shape index (κ2) is 8.86. The molecule has 2 aliphatic heterocycles. The molecular weight excluding hydrogens is 434 g/mol. The summed E-state index contributed by atoms with van der Waals surface area (Å²) >= 11 is 3.52. The molecule has 4 rings (SSSR count). The second-order valence-electron chi connectivity index (χ2n) is 7.54. The molecular formula is C22H24BrN3O3. The third-order valence-corrected chi connectivity index (χ3v) is 5.88. The lowest BCUT2D eigenvalue weighted by Crippen LogP contribution is -2.34. The number of carbonyl (C=O) groups excluding carboxylic acids is 2. The van der Waals surface area contributed by atoms with Crippen molar-refractivity contribution in [3.63, 3.8) is 0 Å². The molecule has 2 heterocycles. The number of nitrogens with one attached hydrogen (secondary N) is 2. The fraction of sp³-hybridized carbons (Fsp3) is 0.364. The molecule has 2 N–H and O–H groups in total. The normalized spacial score (nSPS) is 18.2. The summed E-state index contributed by atoms with van der Waals surface area (Å²) in [6.45, 7) is 2.59. The van der Waals surface area contributed by atoms with E-state index in [1.165, 1.54) is 5.69 Å². The predicted molar refractivity (Wildman–Crippen MR) is 116 cm³/mol. The highest BCUT2D eigenvalue weighted by molar-refractivity contribution is 9.10. The Labute approximate surface area is 178 Å². The number of ether oxygens (including phenoxy) is 1. The molecule has 1 saturated heterocycles. The Hall–Kier alpha value is -2.54. The second-order valence-corrected chi connectivity index (χ2v) is 8.46. The van der Waals surface area contributed by atoms with Gasteiger partial charge in [0.05, 0.1) is 0 Å². The molecule has 0 radical (unpaired) electrons. The zero-order chi connectivity index (χ0) is 20.2. The van der Waals surface area contributed by atoms with Crippen LogP contribution < -0.4 is 20.3 Å². The molecule has 1 atom stereocenters. The summed E-state index contributed by atoms with van der Waals surface area (Å²) in [5.74, 6) is 1.01. The first kappa shape index (κ1) is 19.8. The third-order valence-electron chi connectivity index (χ3n) is 5.39. The quantitative estimate of drug-likeness (QED) is 0.697. The van der Waals surface area contributed by atoms with Crippen LogP contribution in [0.5, 0.6) is 5.75 Å². The third kappa shape index (κ3) is 5.09. The zero-order valence-electron chi connectivity index (χ0n) is 16.1. The van der Waals surface area contributed by atoms with Gasteiger partial charge in [-0.2, -0.15) is 0 Å². The first-order valence-corrected chi connectivity index (χ1v) is 10.7. The molecule has 7 heteroatoms. The smallest absolute Gasteiger partial charge is 0.257 e. The maximum Gasteiger partial charge on any atom is 0.257 e. The molecule has 1 fully saturated rings. The van der Waals surface area contributed by atoms with Gasteiger partial charge in [0.15, 0.2) is 6.61 Å². The van der Waals surface area contributed by atoms with Crippen LogP contribution in [-0.4, -0.2) is 38.1 Å². The van der Waals surface area contributed by atoms with Crippen LogP contribution in [-0.2, 0) is 16.0 Å². The molecule has 0 aliphatic carbocycles. The number of aryl methyl sites for hydroxylation is 1. The van der Waals surface area contributed by atoms with Gasteiger partial charge in [-0.05, 0) is 60.7 Å². The highest BCUT2D eigenvalue weighted by Crippen LogP contribution is 2.27. The first-order chi connectivity index (χ1) is 14.1. The lowest BCUT2D eigenvalue weighted by Gasteiger charge is -2.19. The largest absolute Gasteiger partial charge is 0.484 e. The van der Waals surface area contributed by atoms with Crippen molar-refractivity contribution in [3.8, 4) is 5.75 Å². The molecule has 152 valence electrons. The molecule has 0 saturated carbocycles. The fourth-order valence-electron chi connectivity index (χ4n) is 3.81. The number of nitrogens with zero attached hydrogens (tertiary/aromatic N) is 1. The summed E-state index contributed by atoms with van der Waals surface area (Å²) < 4.78 is 6.72. The van der Waals surface area contributed by atoms with Crippen molar-refractivity contribution >= 4 is 39.1 Å². The summed E-state index contributed by atoms with van der Waals surface area (Å²) in [5.41, 5.74) is 3.08. The van der Waals surface area contributed by atoms with E-state index in [-0.39, 0.29) is 18.4 Å². The molecule has 2 aromatic carbocycles. The van der Waals surface area contributed by atoms with E-state index in [2.05, 4.69) is 43.6 Å². The summed E-state index contributed by atoms with van der Waals surface area (Å²) in [7, 11) is 0. The summed E-state index contributed by atoms with van der Waals surface area (Å²) in [6, 6.07) is 13.8. The number of hydrogen-bond donors (Lipinski definition) is 2. The van der Waals surface area contributed by atoms with Gasteiger partial charge in [-0.25, -0.2) is 0 Å². The predicted octanol–water partition coefficient (Wildman–Crippen LogP) is 3.36. The van der Waals surface area contributed by atoms with Crippen molar-refractivity contribution in [2.75, 3.05) is 36.5 Å². The first-order valence-electron chi connectivity index (χ1n) is 9.89. The van der Waals surface area contributed by atoms with Crippen molar-refractivity contribution < 1.29 is 14.3 Å². The van der Waals surface area contributed by atoms with Crippen LogP contribution >= 0.6 is 15.9 Å². The summed E-state index contributed by atoms with van der Waals surface area (Å²) in [6.07, 6.45) is 2.24. The van der Waals surface area contributed by atoms with E-state index in [1.807, 2.05) is 24.3 Å². The van der Waals surface area contributed by atoms with Gasteiger partial charge in [0.2, 0.25) is 5.91 Å². The Bertz CT molecular complexity index is 918. The monoisotopic (exact) mass is 457 g/mol. The average molecular weight is 458 g/mol. The van der Waals surface area contributed by atoms with Gasteiger partial charge in [-0.15, -0.1) is 0 Å². The number of amides is 2. The summed E-state index contributed by atoms with van der Waals surface area (Å²) in [4.78, 5) is 26.0. The summed E-state index contributed by atoms with van der Waals surface area (Å²) in [5, 5.41) is 5.83. The Morgan fingerprint density at radius 3 is 3.00 bits per heavy atom. The van der Waals surface area contributed by atoms with Crippen LogP contribution in [0.15, 0.2) is 46.9 Å². The molecule has 1 unspecified atom stereocenters. The van der Waals surface area contributed by atoms with E-state index in [9.17, 15) is 9.59 Å². The standard InChI is InChI=1S/C22H24BrN3O3/c23-17-2-1-3-18(11-17)26-9-8-15(13-26)12-24-22(28)14-29-19-5-6-20-16(10-19)4-7-21(27)25-20/h1-3,5-6,10-11,15H,4,7-9,12-14H2,(H,24,28)(H,25,27). The van der Waals surface area contributed by atoms with Gasteiger partial charge in [0.25, 0.3) is 5.91 Å². The van der Waals surface area contributed by atoms with Crippen molar-refractivity contribution in [2.45, 2.75) is 19.3 Å². The number of benzene rings is 2. The van der Waals surface area contributed by atoms with Crippen LogP contribution in [0.25, 0.3) is 0 Å². The van der Waals surface area contributed by atoms with Crippen molar-refractivity contribution in [3.05, 3.63) is 52.5 Å². The highest BCUT2D eigenvalue weighted by atomic mass is 79.9. The van der Waals surface area contributed by atoms with Crippen molar-refractivity contribution in [1.82, 2.24) is 5.32 Å². The van der Waals surface area contributed by atoms with E-state index >= 15 is 0 Å². The van der Waals surface area contributed by atoms with Crippen LogP contribution in [0, 0.1) is 5.92 Å². The minimum Gasteiger partial charge on any atom is -0.484 e. The number of fused-ring (bicyclic) bond motifs is 1. The Balaban J connectivity index is 1.21. The van der Waals surface area contributed by atoms with Gasteiger partial charge in [-0.3, -0.25) is 9.59 Å². The highest BCUT2D eigenvalue weighted by Gasteiger charge is 2.23. The van der Waals surface area contributed by atoms with E-state index in [0.29, 0.717) is 31.1 Å². The van der Waals surface area contributed by atoms with Gasteiger partial charge in [0, 0.05) is 41.9 Å². The molecule has 0 aromatic heterocycles. The zero-order valence-corrected chi connectivity index (χ0v) is 17.7. The van der Waals surface area contributed by atoms with Crippen LogP contribution in [0.4, 0.5) is 11.4 Å². The molecule has 2 aromatic rings. The fourth-order valence-corrected chi connectivity index (χ4v) is 4.20. The number of carbonyl (C=O) groups is 2. The van der Waals surface area contributed by atoms with Gasteiger partial charge in [0.1, 0.15) is 5.75 Å². The van der Waals surface area contributed by atoms with E-state index in [4.69, 9.17) is 4.74 Å². The van der Waals surface area contributed by atoms with Gasteiger partial charge >= 0.3 is 0 Å². The van der Waals surface area contributed by atoms with Gasteiger partial charge < -0.3 is 20.3 Å². The molecule has 29 heavy (non-hydrogen) atoms. The SMILES string of the molecule is O=C(COc1ccc2c(c1)CCC(=O)N2)NCC1CCN(c2cccc(Br)c2)C1. The van der Waals surface area contributed by atoms with Crippen molar-refractivity contribution in [1.29, 1.82) is 0 Å².